The summed E-state index contributed by atoms with van der Waals surface area (Å²) in [4.78, 5) is 4.35. The molecule has 0 radical (unpaired) electrons. The van der Waals surface area contributed by atoms with E-state index in [-0.39, 0.29) is 0 Å². The molecule has 2 heterocycles. The lowest BCUT2D eigenvalue weighted by atomic mass is 10.1. The number of nitrogens with one attached hydrogen (secondary N) is 1. The van der Waals surface area contributed by atoms with Gasteiger partial charge in [0.25, 0.3) is 0 Å². The van der Waals surface area contributed by atoms with Crippen molar-refractivity contribution < 1.29 is 4.42 Å². The van der Waals surface area contributed by atoms with Crippen molar-refractivity contribution in [2.24, 2.45) is 0 Å². The number of nitrogens with zero attached hydrogens (tertiary/aromatic N) is 1. The summed E-state index contributed by atoms with van der Waals surface area (Å²) < 4.78 is 5.56. The Morgan fingerprint density at radius 3 is 2.72 bits per heavy atom. The Labute approximate surface area is 112 Å². The van der Waals surface area contributed by atoms with Gasteiger partial charge in [0.1, 0.15) is 11.5 Å². The lowest BCUT2D eigenvalue weighted by Crippen LogP contribution is -2.23. The molecule has 0 aliphatic heterocycles. The molecule has 18 heavy (non-hydrogen) atoms. The second-order valence-electron chi connectivity index (χ2n) is 4.77. The summed E-state index contributed by atoms with van der Waals surface area (Å²) in [5.74, 6) is 2.43. The largest absolute Gasteiger partial charge is 0.466 e. The highest BCUT2D eigenvalue weighted by molar-refractivity contribution is 7.09. The average molecular weight is 264 g/mol. The Morgan fingerprint density at radius 2 is 2.17 bits per heavy atom. The number of hydrogen-bond donors (Lipinski definition) is 1. The minimum Gasteiger partial charge on any atom is -0.466 e. The third-order valence-electron chi connectivity index (χ3n) is 3.15. The van der Waals surface area contributed by atoms with E-state index in [2.05, 4.69) is 30.2 Å². The van der Waals surface area contributed by atoms with Crippen LogP contribution in [0.25, 0.3) is 0 Å². The molecule has 3 nitrogen and oxygen atoms in total. The molecule has 0 saturated heterocycles. The molecule has 2 atom stereocenters. The van der Waals surface area contributed by atoms with Crippen LogP contribution in [0, 0.1) is 13.8 Å². The van der Waals surface area contributed by atoms with Gasteiger partial charge in [-0.3, -0.25) is 0 Å². The zero-order valence-electron chi connectivity index (χ0n) is 11.4. The number of rotatable bonds is 5. The van der Waals surface area contributed by atoms with Crippen molar-refractivity contribution in [3.05, 3.63) is 39.7 Å². The maximum Gasteiger partial charge on any atom is 0.105 e. The molecular weight excluding hydrogens is 244 g/mol. The van der Waals surface area contributed by atoms with Crippen molar-refractivity contribution in [2.45, 2.75) is 39.7 Å². The second-order valence-corrected chi connectivity index (χ2v) is 5.70. The molecule has 0 saturated carbocycles. The molecule has 0 spiro atoms. The van der Waals surface area contributed by atoms with E-state index in [1.807, 2.05) is 25.4 Å². The molecule has 0 amide bonds. The molecule has 2 aromatic rings. The predicted molar refractivity (Wildman–Crippen MR) is 75.1 cm³/mol. The zero-order chi connectivity index (χ0) is 13.1. The van der Waals surface area contributed by atoms with Gasteiger partial charge in [0.15, 0.2) is 0 Å². The standard InChI is InChI=1S/C14H20N2OS/c1-9(14-15-5-6-18-14)8-16-11(3)13-7-10(2)17-12(13)4/h5-7,9,11,16H,8H2,1-4H3. The van der Waals surface area contributed by atoms with Crippen LogP contribution in [0.15, 0.2) is 22.1 Å². The van der Waals surface area contributed by atoms with Gasteiger partial charge >= 0.3 is 0 Å². The van der Waals surface area contributed by atoms with Crippen molar-refractivity contribution in [1.82, 2.24) is 10.3 Å². The van der Waals surface area contributed by atoms with Gasteiger partial charge in [-0.15, -0.1) is 11.3 Å². The van der Waals surface area contributed by atoms with Crippen molar-refractivity contribution in [3.8, 4) is 0 Å². The van der Waals surface area contributed by atoms with Crippen LogP contribution in [0.1, 0.15) is 47.9 Å². The number of aryl methyl sites for hydroxylation is 2. The topological polar surface area (TPSA) is 38.1 Å². The van der Waals surface area contributed by atoms with E-state index < -0.39 is 0 Å². The predicted octanol–water partition coefficient (Wildman–Crippen LogP) is 3.81. The molecule has 0 aliphatic rings. The van der Waals surface area contributed by atoms with Gasteiger partial charge in [-0.2, -0.15) is 0 Å². The van der Waals surface area contributed by atoms with Crippen molar-refractivity contribution in [1.29, 1.82) is 0 Å². The van der Waals surface area contributed by atoms with Crippen LogP contribution < -0.4 is 5.32 Å². The average Bonchev–Trinajstić information content (AvgIpc) is 2.95. The van der Waals surface area contributed by atoms with Gasteiger partial charge < -0.3 is 9.73 Å². The minimum absolute atomic E-state index is 0.310. The Hall–Kier alpha value is -1.13. The lowest BCUT2D eigenvalue weighted by Gasteiger charge is -2.16. The van der Waals surface area contributed by atoms with Gasteiger partial charge in [-0.1, -0.05) is 6.92 Å². The first-order valence-corrected chi connectivity index (χ1v) is 7.15. The number of furan rings is 1. The fourth-order valence-corrected chi connectivity index (χ4v) is 2.81. The Morgan fingerprint density at radius 1 is 1.39 bits per heavy atom. The van der Waals surface area contributed by atoms with E-state index in [0.717, 1.165) is 18.1 Å². The first-order valence-electron chi connectivity index (χ1n) is 6.27. The molecule has 0 fully saturated rings. The Bertz CT molecular complexity index is 490. The van der Waals surface area contributed by atoms with Crippen molar-refractivity contribution in [2.75, 3.05) is 6.54 Å². The molecule has 0 bridgehead atoms. The summed E-state index contributed by atoms with van der Waals surface area (Å²) in [6.07, 6.45) is 1.86. The van der Waals surface area contributed by atoms with Crippen LogP contribution in [0.2, 0.25) is 0 Å². The fourth-order valence-electron chi connectivity index (χ4n) is 2.11. The summed E-state index contributed by atoms with van der Waals surface area (Å²) in [5.41, 5.74) is 1.25. The maximum atomic E-state index is 5.56. The van der Waals surface area contributed by atoms with Crippen LogP contribution in [-0.2, 0) is 0 Å². The second kappa shape index (κ2) is 5.67. The normalized spacial score (nSPS) is 14.7. The number of thiazole rings is 1. The van der Waals surface area contributed by atoms with Crippen LogP contribution >= 0.6 is 11.3 Å². The third-order valence-corrected chi connectivity index (χ3v) is 4.16. The fraction of sp³-hybridized carbons (Fsp3) is 0.500. The molecule has 98 valence electrons. The van der Waals surface area contributed by atoms with Crippen LogP contribution in [-0.4, -0.2) is 11.5 Å². The summed E-state index contributed by atoms with van der Waals surface area (Å²) in [6, 6.07) is 2.42. The quantitative estimate of drug-likeness (QED) is 0.892. The third kappa shape index (κ3) is 3.00. The van der Waals surface area contributed by atoms with E-state index in [4.69, 9.17) is 4.42 Å². The Balaban J connectivity index is 1.92. The monoisotopic (exact) mass is 264 g/mol. The highest BCUT2D eigenvalue weighted by Crippen LogP contribution is 2.22. The van der Waals surface area contributed by atoms with Crippen LogP contribution in [0.4, 0.5) is 0 Å². The molecular formula is C14H20N2OS. The smallest absolute Gasteiger partial charge is 0.105 e. The van der Waals surface area contributed by atoms with Crippen LogP contribution in [0.3, 0.4) is 0 Å². The zero-order valence-corrected chi connectivity index (χ0v) is 12.2. The van der Waals surface area contributed by atoms with Gasteiger partial charge in [0, 0.05) is 35.6 Å². The molecule has 2 aromatic heterocycles. The van der Waals surface area contributed by atoms with Crippen LogP contribution in [0.5, 0.6) is 0 Å². The first kappa shape index (κ1) is 13.3. The number of aromatic nitrogens is 1. The highest BCUT2D eigenvalue weighted by atomic mass is 32.1. The molecule has 0 aliphatic carbocycles. The highest BCUT2D eigenvalue weighted by Gasteiger charge is 2.14. The molecule has 4 heteroatoms. The van der Waals surface area contributed by atoms with E-state index in [1.54, 1.807) is 11.3 Å². The molecule has 2 rings (SSSR count). The van der Waals surface area contributed by atoms with E-state index in [9.17, 15) is 0 Å². The number of hydrogen-bond acceptors (Lipinski definition) is 4. The van der Waals surface area contributed by atoms with Gasteiger partial charge in [-0.05, 0) is 26.8 Å². The van der Waals surface area contributed by atoms with E-state index in [1.165, 1.54) is 10.6 Å². The maximum absolute atomic E-state index is 5.56. The summed E-state index contributed by atoms with van der Waals surface area (Å²) >= 11 is 1.72. The minimum atomic E-state index is 0.310. The van der Waals surface area contributed by atoms with Crippen molar-refractivity contribution in [3.63, 3.8) is 0 Å². The Kier molecular flexibility index (Phi) is 4.19. The molecule has 2 unspecified atom stereocenters. The van der Waals surface area contributed by atoms with E-state index >= 15 is 0 Å². The molecule has 0 aromatic carbocycles. The lowest BCUT2D eigenvalue weighted by molar-refractivity contribution is 0.485. The van der Waals surface area contributed by atoms with Gasteiger partial charge in [0.05, 0.1) is 5.01 Å². The summed E-state index contributed by atoms with van der Waals surface area (Å²) in [7, 11) is 0. The van der Waals surface area contributed by atoms with Crippen molar-refractivity contribution >= 4 is 11.3 Å². The SMILES string of the molecule is Cc1cc(C(C)NCC(C)c2nccs2)c(C)o1. The summed E-state index contributed by atoms with van der Waals surface area (Å²) in [5, 5.41) is 6.76. The van der Waals surface area contributed by atoms with Gasteiger partial charge in [-0.25, -0.2) is 4.98 Å². The van der Waals surface area contributed by atoms with Gasteiger partial charge in [0.2, 0.25) is 0 Å². The summed E-state index contributed by atoms with van der Waals surface area (Å²) in [6.45, 7) is 9.31. The molecule has 1 N–H and O–H groups in total. The van der Waals surface area contributed by atoms with E-state index in [0.29, 0.717) is 12.0 Å². The first-order chi connectivity index (χ1) is 8.58.